The van der Waals surface area contributed by atoms with Crippen molar-refractivity contribution in [1.82, 2.24) is 5.32 Å². The lowest BCUT2D eigenvalue weighted by molar-refractivity contribution is 0.0663. The Bertz CT molecular complexity index is 828. The SMILES string of the molecule is COCC(O)CNC(=O)Nc1ccc2c(c1)oc1ccccc12. The van der Waals surface area contributed by atoms with Crippen molar-refractivity contribution >= 4 is 33.7 Å². The standard InChI is InChI=1S/C17H18N2O4/c1-22-10-12(20)9-18-17(21)19-11-6-7-14-13-4-2-3-5-15(13)23-16(14)8-11/h2-8,12,20H,9-10H2,1H3,(H2,18,19,21). The van der Waals surface area contributed by atoms with Crippen LogP contribution in [0.1, 0.15) is 0 Å². The van der Waals surface area contributed by atoms with Crippen LogP contribution in [0.15, 0.2) is 46.9 Å². The summed E-state index contributed by atoms with van der Waals surface area (Å²) in [7, 11) is 1.49. The molecule has 3 N–H and O–H groups in total. The van der Waals surface area contributed by atoms with Gasteiger partial charge < -0.3 is 24.9 Å². The summed E-state index contributed by atoms with van der Waals surface area (Å²) < 4.78 is 10.6. The lowest BCUT2D eigenvalue weighted by Crippen LogP contribution is -2.36. The Morgan fingerprint density at radius 3 is 2.83 bits per heavy atom. The summed E-state index contributed by atoms with van der Waals surface area (Å²) in [6, 6.07) is 12.9. The van der Waals surface area contributed by atoms with Crippen LogP contribution in [0.3, 0.4) is 0 Å². The summed E-state index contributed by atoms with van der Waals surface area (Å²) in [4.78, 5) is 11.8. The number of benzene rings is 2. The molecule has 0 bridgehead atoms. The zero-order valence-corrected chi connectivity index (χ0v) is 12.7. The van der Waals surface area contributed by atoms with Crippen LogP contribution in [0, 0.1) is 0 Å². The van der Waals surface area contributed by atoms with Gasteiger partial charge >= 0.3 is 6.03 Å². The first-order chi connectivity index (χ1) is 11.2. The quantitative estimate of drug-likeness (QED) is 0.676. The second-order valence-electron chi connectivity index (χ2n) is 5.25. The van der Waals surface area contributed by atoms with Gasteiger partial charge in [-0.1, -0.05) is 18.2 Å². The number of aliphatic hydroxyl groups is 1. The number of urea groups is 1. The number of anilines is 1. The highest BCUT2D eigenvalue weighted by atomic mass is 16.5. The third-order valence-electron chi connectivity index (χ3n) is 3.49. The molecule has 6 nitrogen and oxygen atoms in total. The number of hydrogen-bond acceptors (Lipinski definition) is 4. The highest BCUT2D eigenvalue weighted by Crippen LogP contribution is 2.30. The Hall–Kier alpha value is -2.57. The van der Waals surface area contributed by atoms with Crippen molar-refractivity contribution in [1.29, 1.82) is 0 Å². The topological polar surface area (TPSA) is 83.7 Å². The lowest BCUT2D eigenvalue weighted by Gasteiger charge is -2.11. The summed E-state index contributed by atoms with van der Waals surface area (Å²) in [5.74, 6) is 0. The number of para-hydroxylation sites is 1. The minimum atomic E-state index is -0.733. The molecular formula is C17H18N2O4. The van der Waals surface area contributed by atoms with Gasteiger partial charge in [0.25, 0.3) is 0 Å². The number of hydrogen-bond donors (Lipinski definition) is 3. The molecule has 3 aromatic rings. The van der Waals surface area contributed by atoms with Gasteiger partial charge in [0.1, 0.15) is 11.2 Å². The molecule has 2 amide bonds. The zero-order chi connectivity index (χ0) is 16.2. The fourth-order valence-corrected chi connectivity index (χ4v) is 2.44. The van der Waals surface area contributed by atoms with E-state index in [2.05, 4.69) is 10.6 Å². The molecule has 1 aromatic heterocycles. The molecule has 0 fully saturated rings. The van der Waals surface area contributed by atoms with Gasteiger partial charge in [0.05, 0.1) is 12.7 Å². The first-order valence-corrected chi connectivity index (χ1v) is 7.30. The summed E-state index contributed by atoms with van der Waals surface area (Å²) in [5.41, 5.74) is 2.14. The van der Waals surface area contributed by atoms with E-state index in [9.17, 15) is 9.90 Å². The zero-order valence-electron chi connectivity index (χ0n) is 12.7. The van der Waals surface area contributed by atoms with Crippen molar-refractivity contribution in [3.63, 3.8) is 0 Å². The van der Waals surface area contributed by atoms with Crippen LogP contribution in [0.2, 0.25) is 0 Å². The maximum absolute atomic E-state index is 11.8. The van der Waals surface area contributed by atoms with Gasteiger partial charge in [0, 0.05) is 36.2 Å². The van der Waals surface area contributed by atoms with E-state index in [-0.39, 0.29) is 13.2 Å². The molecule has 23 heavy (non-hydrogen) atoms. The van der Waals surface area contributed by atoms with Crippen LogP contribution in [0.4, 0.5) is 10.5 Å². The highest BCUT2D eigenvalue weighted by Gasteiger charge is 2.09. The van der Waals surface area contributed by atoms with Crippen LogP contribution >= 0.6 is 0 Å². The van der Waals surface area contributed by atoms with Crippen LogP contribution in [-0.2, 0) is 4.74 Å². The van der Waals surface area contributed by atoms with Crippen LogP contribution in [-0.4, -0.2) is 37.5 Å². The normalized spacial score (nSPS) is 12.4. The van der Waals surface area contributed by atoms with Crippen molar-refractivity contribution in [2.45, 2.75) is 6.10 Å². The Morgan fingerprint density at radius 1 is 1.22 bits per heavy atom. The molecule has 1 heterocycles. The summed E-state index contributed by atoms with van der Waals surface area (Å²) >= 11 is 0. The van der Waals surface area contributed by atoms with Gasteiger partial charge in [-0.05, 0) is 18.2 Å². The number of carbonyl (C=O) groups excluding carboxylic acids is 1. The highest BCUT2D eigenvalue weighted by molar-refractivity contribution is 6.06. The number of methoxy groups -OCH3 is 1. The number of rotatable bonds is 5. The molecule has 0 radical (unpaired) electrons. The molecule has 0 aliphatic heterocycles. The number of amides is 2. The Labute approximate surface area is 133 Å². The Kier molecular flexibility index (Phi) is 4.45. The van der Waals surface area contributed by atoms with E-state index in [1.807, 2.05) is 36.4 Å². The van der Waals surface area contributed by atoms with Gasteiger partial charge in [0.15, 0.2) is 0 Å². The molecule has 6 heteroatoms. The Morgan fingerprint density at radius 2 is 2.00 bits per heavy atom. The van der Waals surface area contributed by atoms with Gasteiger partial charge in [-0.25, -0.2) is 4.79 Å². The summed E-state index contributed by atoms with van der Waals surface area (Å²) in [5, 5.41) is 16.8. The number of aliphatic hydroxyl groups excluding tert-OH is 1. The smallest absolute Gasteiger partial charge is 0.319 e. The Balaban J connectivity index is 1.71. The fraction of sp³-hybridized carbons (Fsp3) is 0.235. The molecule has 0 spiro atoms. The molecular weight excluding hydrogens is 296 g/mol. The second-order valence-corrected chi connectivity index (χ2v) is 5.25. The van der Waals surface area contributed by atoms with Crippen LogP contribution in [0.5, 0.6) is 0 Å². The maximum Gasteiger partial charge on any atom is 0.319 e. The second kappa shape index (κ2) is 6.68. The summed E-state index contributed by atoms with van der Waals surface area (Å²) in [6.07, 6.45) is -0.733. The maximum atomic E-state index is 11.8. The molecule has 120 valence electrons. The number of carbonyl (C=O) groups is 1. The van der Waals surface area contributed by atoms with E-state index in [1.165, 1.54) is 7.11 Å². The monoisotopic (exact) mass is 314 g/mol. The average Bonchev–Trinajstić information content (AvgIpc) is 2.91. The van der Waals surface area contributed by atoms with Crippen molar-refractivity contribution in [3.05, 3.63) is 42.5 Å². The average molecular weight is 314 g/mol. The van der Waals surface area contributed by atoms with E-state index < -0.39 is 12.1 Å². The number of furan rings is 1. The van der Waals surface area contributed by atoms with Crippen molar-refractivity contribution in [3.8, 4) is 0 Å². The van der Waals surface area contributed by atoms with E-state index >= 15 is 0 Å². The largest absolute Gasteiger partial charge is 0.456 e. The first kappa shape index (κ1) is 15.3. The summed E-state index contributed by atoms with van der Waals surface area (Å²) in [6.45, 7) is 0.289. The van der Waals surface area contributed by atoms with Crippen LogP contribution < -0.4 is 10.6 Å². The molecule has 0 aliphatic rings. The number of nitrogens with one attached hydrogen (secondary N) is 2. The fourth-order valence-electron chi connectivity index (χ4n) is 2.44. The number of fused-ring (bicyclic) bond motifs is 3. The van der Waals surface area contributed by atoms with Gasteiger partial charge in [-0.3, -0.25) is 0 Å². The van der Waals surface area contributed by atoms with Crippen molar-refractivity contribution in [2.24, 2.45) is 0 Å². The van der Waals surface area contributed by atoms with Gasteiger partial charge in [-0.15, -0.1) is 0 Å². The van der Waals surface area contributed by atoms with Gasteiger partial charge in [-0.2, -0.15) is 0 Å². The van der Waals surface area contributed by atoms with Crippen molar-refractivity contribution < 1.29 is 19.1 Å². The van der Waals surface area contributed by atoms with E-state index in [1.54, 1.807) is 6.07 Å². The molecule has 0 aliphatic carbocycles. The predicted molar refractivity (Wildman–Crippen MR) is 88.6 cm³/mol. The third-order valence-corrected chi connectivity index (χ3v) is 3.49. The van der Waals surface area contributed by atoms with E-state index in [4.69, 9.17) is 9.15 Å². The molecule has 0 saturated heterocycles. The minimum absolute atomic E-state index is 0.118. The van der Waals surface area contributed by atoms with Gasteiger partial charge in [0.2, 0.25) is 0 Å². The number of ether oxygens (including phenoxy) is 1. The molecule has 3 rings (SSSR count). The molecule has 2 aromatic carbocycles. The molecule has 0 saturated carbocycles. The predicted octanol–water partition coefficient (Wildman–Crippen LogP) is 2.71. The van der Waals surface area contributed by atoms with Crippen molar-refractivity contribution in [2.75, 3.05) is 25.6 Å². The van der Waals surface area contributed by atoms with Crippen LogP contribution in [0.25, 0.3) is 21.9 Å². The molecule has 1 atom stereocenters. The third kappa shape index (κ3) is 3.44. The van der Waals surface area contributed by atoms with E-state index in [0.717, 1.165) is 16.4 Å². The first-order valence-electron chi connectivity index (χ1n) is 7.30. The van der Waals surface area contributed by atoms with E-state index in [0.29, 0.717) is 11.3 Å². The lowest BCUT2D eigenvalue weighted by atomic mass is 10.1. The minimum Gasteiger partial charge on any atom is -0.456 e. The molecule has 1 unspecified atom stereocenters.